The van der Waals surface area contributed by atoms with Crippen LogP contribution >= 0.6 is 11.6 Å². The highest BCUT2D eigenvalue weighted by Crippen LogP contribution is 2.39. The fourth-order valence-electron chi connectivity index (χ4n) is 4.03. The van der Waals surface area contributed by atoms with Gasteiger partial charge in [0.1, 0.15) is 6.04 Å². The molecule has 1 unspecified atom stereocenters. The number of benzene rings is 1. The first-order chi connectivity index (χ1) is 11.7. The fraction of sp³-hybridized carbons (Fsp3) is 0.579. The zero-order valence-corrected chi connectivity index (χ0v) is 14.7. The van der Waals surface area contributed by atoms with E-state index in [-0.39, 0.29) is 12.6 Å². The summed E-state index contributed by atoms with van der Waals surface area (Å²) in [6, 6.07) is 5.37. The Morgan fingerprint density at radius 1 is 1.25 bits per heavy atom. The monoisotopic (exact) mass is 348 g/mol. The molecule has 4 nitrogen and oxygen atoms in total. The largest absolute Gasteiger partial charge is 0.395 e. The van der Waals surface area contributed by atoms with Crippen LogP contribution in [0.5, 0.6) is 0 Å². The fourth-order valence-corrected chi connectivity index (χ4v) is 4.31. The van der Waals surface area contributed by atoms with E-state index in [0.717, 1.165) is 22.9 Å². The van der Waals surface area contributed by atoms with Crippen LogP contribution in [0.1, 0.15) is 56.6 Å². The van der Waals surface area contributed by atoms with Gasteiger partial charge in [-0.3, -0.25) is 0 Å². The summed E-state index contributed by atoms with van der Waals surface area (Å²) in [7, 11) is 0. The van der Waals surface area contributed by atoms with Gasteiger partial charge in [-0.05, 0) is 24.5 Å². The van der Waals surface area contributed by atoms with Gasteiger partial charge in [-0.1, -0.05) is 61.4 Å². The van der Waals surface area contributed by atoms with Crippen molar-refractivity contribution < 1.29 is 5.11 Å². The molecule has 1 saturated carbocycles. The SMILES string of the molecule is O=NC(CC1CCCCCC1)c1cn(CCO)c2cccc(Cl)c12. The number of fused-ring (bicyclic) bond motifs is 1. The number of aromatic nitrogens is 1. The second-order valence-corrected chi connectivity index (χ2v) is 7.26. The average molecular weight is 349 g/mol. The van der Waals surface area contributed by atoms with Gasteiger partial charge >= 0.3 is 0 Å². The third-order valence-corrected chi connectivity index (χ3v) is 5.56. The molecule has 1 aromatic carbocycles. The Balaban J connectivity index is 1.94. The molecule has 1 fully saturated rings. The van der Waals surface area contributed by atoms with Crippen molar-refractivity contribution in [3.8, 4) is 0 Å². The summed E-state index contributed by atoms with van der Waals surface area (Å²) >= 11 is 6.43. The first kappa shape index (κ1) is 17.4. The molecule has 1 aliphatic rings. The lowest BCUT2D eigenvalue weighted by molar-refractivity contribution is 0.278. The molecule has 0 radical (unpaired) electrons. The second kappa shape index (κ2) is 8.13. The van der Waals surface area contributed by atoms with Crippen molar-refractivity contribution in [3.63, 3.8) is 0 Å². The molecule has 1 atom stereocenters. The lowest BCUT2D eigenvalue weighted by Crippen LogP contribution is -2.06. The third kappa shape index (κ3) is 3.65. The predicted octanol–water partition coefficient (Wildman–Crippen LogP) is 5.46. The minimum Gasteiger partial charge on any atom is -0.395 e. The molecule has 1 aliphatic carbocycles. The topological polar surface area (TPSA) is 54.6 Å². The Kier molecular flexibility index (Phi) is 5.90. The predicted molar refractivity (Wildman–Crippen MR) is 98.4 cm³/mol. The summed E-state index contributed by atoms with van der Waals surface area (Å²) in [5.41, 5.74) is 1.87. The van der Waals surface area contributed by atoms with E-state index in [1.54, 1.807) is 0 Å². The maximum absolute atomic E-state index is 11.6. The maximum Gasteiger partial charge on any atom is 0.119 e. The van der Waals surface area contributed by atoms with E-state index in [2.05, 4.69) is 5.18 Å². The number of hydrogen-bond acceptors (Lipinski definition) is 3. The maximum atomic E-state index is 11.6. The van der Waals surface area contributed by atoms with Gasteiger partial charge in [-0.25, -0.2) is 0 Å². The van der Waals surface area contributed by atoms with E-state index >= 15 is 0 Å². The van der Waals surface area contributed by atoms with E-state index in [0.29, 0.717) is 17.5 Å². The number of aliphatic hydroxyl groups excluding tert-OH is 1. The Bertz CT molecular complexity index is 690. The molecule has 0 saturated heterocycles. The Morgan fingerprint density at radius 2 is 2.00 bits per heavy atom. The molecule has 0 spiro atoms. The number of nitroso groups, excluding NO2 is 1. The van der Waals surface area contributed by atoms with Crippen molar-refractivity contribution in [2.24, 2.45) is 11.1 Å². The lowest BCUT2D eigenvalue weighted by Gasteiger charge is -2.17. The van der Waals surface area contributed by atoms with Crippen LogP contribution in [0.25, 0.3) is 10.9 Å². The molecule has 1 aromatic heterocycles. The van der Waals surface area contributed by atoms with Crippen LogP contribution in [-0.4, -0.2) is 16.3 Å². The highest BCUT2D eigenvalue weighted by Gasteiger charge is 2.24. The number of rotatable bonds is 6. The van der Waals surface area contributed by atoms with Crippen molar-refractivity contribution in [2.75, 3.05) is 6.61 Å². The Hall–Kier alpha value is -1.39. The van der Waals surface area contributed by atoms with E-state index in [9.17, 15) is 10.0 Å². The number of nitrogens with zero attached hydrogens (tertiary/aromatic N) is 2. The van der Waals surface area contributed by atoms with Crippen LogP contribution in [0.4, 0.5) is 0 Å². The molecule has 0 bridgehead atoms. The normalized spacial score (nSPS) is 17.8. The Labute approximate surface area is 147 Å². The van der Waals surface area contributed by atoms with Gasteiger partial charge in [0, 0.05) is 29.2 Å². The van der Waals surface area contributed by atoms with Crippen LogP contribution < -0.4 is 0 Å². The van der Waals surface area contributed by atoms with Crippen LogP contribution in [0.15, 0.2) is 29.6 Å². The number of aliphatic hydroxyl groups is 1. The molecule has 5 heteroatoms. The van der Waals surface area contributed by atoms with Gasteiger partial charge in [-0.15, -0.1) is 0 Å². The van der Waals surface area contributed by atoms with Crippen LogP contribution in [-0.2, 0) is 6.54 Å². The van der Waals surface area contributed by atoms with Crippen LogP contribution in [0.3, 0.4) is 0 Å². The van der Waals surface area contributed by atoms with Crippen molar-refractivity contribution in [1.29, 1.82) is 0 Å². The van der Waals surface area contributed by atoms with E-state index in [1.807, 2.05) is 29.0 Å². The van der Waals surface area contributed by atoms with E-state index in [4.69, 9.17) is 11.6 Å². The van der Waals surface area contributed by atoms with Gasteiger partial charge in [0.15, 0.2) is 0 Å². The summed E-state index contributed by atoms with van der Waals surface area (Å²) in [6.45, 7) is 0.545. The molecular formula is C19H25ClN2O2. The van der Waals surface area contributed by atoms with E-state index < -0.39 is 0 Å². The minimum absolute atomic E-state index is 0.0531. The molecule has 3 rings (SSSR count). The Morgan fingerprint density at radius 3 is 2.67 bits per heavy atom. The second-order valence-electron chi connectivity index (χ2n) is 6.85. The van der Waals surface area contributed by atoms with Gasteiger partial charge in [0.2, 0.25) is 0 Å². The van der Waals surface area contributed by atoms with Crippen molar-refractivity contribution in [2.45, 2.75) is 57.5 Å². The minimum atomic E-state index is -0.365. The first-order valence-corrected chi connectivity index (χ1v) is 9.33. The van der Waals surface area contributed by atoms with Crippen LogP contribution in [0.2, 0.25) is 5.02 Å². The standard InChI is InChI=1S/C19H25ClN2O2/c20-16-8-5-9-18-19(16)15(13-22(18)10-11-23)17(21-24)12-14-6-3-1-2-4-7-14/h5,8-9,13-14,17,23H,1-4,6-7,10-12H2. The zero-order valence-electron chi connectivity index (χ0n) is 14.0. The summed E-state index contributed by atoms with van der Waals surface area (Å²) in [6.07, 6.45) is 10.2. The molecule has 0 aliphatic heterocycles. The summed E-state index contributed by atoms with van der Waals surface area (Å²) < 4.78 is 1.97. The summed E-state index contributed by atoms with van der Waals surface area (Å²) in [5, 5.41) is 14.3. The van der Waals surface area contributed by atoms with Gasteiger partial charge < -0.3 is 9.67 Å². The lowest BCUT2D eigenvalue weighted by atomic mass is 9.90. The highest BCUT2D eigenvalue weighted by atomic mass is 35.5. The summed E-state index contributed by atoms with van der Waals surface area (Å²) in [4.78, 5) is 11.6. The quantitative estimate of drug-likeness (QED) is 0.557. The summed E-state index contributed by atoms with van der Waals surface area (Å²) in [5.74, 6) is 0.564. The van der Waals surface area contributed by atoms with Gasteiger partial charge in [-0.2, -0.15) is 4.91 Å². The average Bonchev–Trinajstić information content (AvgIpc) is 2.78. The first-order valence-electron chi connectivity index (χ1n) is 8.95. The van der Waals surface area contributed by atoms with Crippen molar-refractivity contribution in [1.82, 2.24) is 4.57 Å². The van der Waals surface area contributed by atoms with Crippen LogP contribution in [0, 0.1) is 10.8 Å². The van der Waals surface area contributed by atoms with Crippen molar-refractivity contribution >= 4 is 22.5 Å². The molecule has 130 valence electrons. The molecule has 0 amide bonds. The molecule has 24 heavy (non-hydrogen) atoms. The molecule has 1 N–H and O–H groups in total. The molecular weight excluding hydrogens is 324 g/mol. The highest BCUT2D eigenvalue weighted by molar-refractivity contribution is 6.35. The van der Waals surface area contributed by atoms with Gasteiger partial charge in [0.05, 0.1) is 11.6 Å². The zero-order chi connectivity index (χ0) is 16.9. The van der Waals surface area contributed by atoms with Gasteiger partial charge in [0.25, 0.3) is 0 Å². The number of halogens is 1. The van der Waals surface area contributed by atoms with Crippen molar-refractivity contribution in [3.05, 3.63) is 39.9 Å². The van der Waals surface area contributed by atoms with E-state index in [1.165, 1.54) is 38.5 Å². The molecule has 2 aromatic rings. The molecule has 1 heterocycles. The number of hydrogen-bond donors (Lipinski definition) is 1. The smallest absolute Gasteiger partial charge is 0.119 e. The third-order valence-electron chi connectivity index (χ3n) is 5.24.